The van der Waals surface area contributed by atoms with Crippen LogP contribution in [0.1, 0.15) is 158 Å². The first-order chi connectivity index (χ1) is 64.3. The van der Waals surface area contributed by atoms with Crippen molar-refractivity contribution >= 4 is 83.6 Å². The molecular formula is C93H158O43. The predicted molar refractivity (Wildman–Crippen MR) is 502 cm³/mol. The van der Waals surface area contributed by atoms with Crippen molar-refractivity contribution in [1.29, 1.82) is 0 Å². The molecule has 3 atom stereocenters. The number of rotatable bonds is 58. The van der Waals surface area contributed by atoms with E-state index in [1.54, 1.807) is 34.6 Å². The molecule has 0 fully saturated rings. The minimum atomic E-state index is -0.996. The molecule has 788 valence electrons. The van der Waals surface area contributed by atoms with Gasteiger partial charge >= 0.3 is 83.6 Å². The van der Waals surface area contributed by atoms with Crippen LogP contribution in [0.15, 0.2) is 175 Å². The highest BCUT2D eigenvalue weighted by Crippen LogP contribution is 2.03. The second-order valence-corrected chi connectivity index (χ2v) is 25.1. The van der Waals surface area contributed by atoms with Gasteiger partial charge in [0.05, 0.1) is 72.2 Å². The van der Waals surface area contributed by atoms with Gasteiger partial charge in [-0.05, 0) is 132 Å². The summed E-state index contributed by atoms with van der Waals surface area (Å²) in [5.74, 6) is -6.36. The normalized spacial score (nSPS) is 9.57. The number of aliphatic hydroxyl groups is 15. The highest BCUT2D eigenvalue weighted by Gasteiger charge is 2.09. The third kappa shape index (κ3) is 169. The van der Waals surface area contributed by atoms with Crippen molar-refractivity contribution in [2.45, 2.75) is 176 Å². The summed E-state index contributed by atoms with van der Waals surface area (Å²) in [7, 11) is 0. The van der Waals surface area contributed by atoms with E-state index >= 15 is 0 Å². The maximum absolute atomic E-state index is 10.8. The topological polar surface area (TPSA) is 672 Å². The van der Waals surface area contributed by atoms with Gasteiger partial charge in [-0.3, -0.25) is 0 Å². The maximum Gasteiger partial charge on any atom is 0.335 e. The Morgan fingerprint density at radius 3 is 0.676 bits per heavy atom. The zero-order valence-electron chi connectivity index (χ0n) is 80.5. The number of hydrogen-bond acceptors (Lipinski definition) is 43. The molecule has 0 aliphatic carbocycles. The van der Waals surface area contributed by atoms with E-state index in [-0.39, 0.29) is 136 Å². The van der Waals surface area contributed by atoms with Gasteiger partial charge in [0, 0.05) is 155 Å². The number of ether oxygens (including phenoxy) is 14. The van der Waals surface area contributed by atoms with Gasteiger partial charge in [-0.2, -0.15) is 0 Å². The van der Waals surface area contributed by atoms with Gasteiger partial charge in [0.15, 0.2) is 13.6 Å². The van der Waals surface area contributed by atoms with E-state index in [4.69, 9.17) is 100 Å². The Morgan fingerprint density at radius 2 is 0.441 bits per heavy atom. The van der Waals surface area contributed by atoms with Crippen molar-refractivity contribution in [3.63, 3.8) is 0 Å². The fourth-order valence-electron chi connectivity index (χ4n) is 5.51. The first-order valence-electron chi connectivity index (χ1n) is 41.9. The minimum absolute atomic E-state index is 0.0326. The molecule has 0 aromatic carbocycles. The lowest BCUT2D eigenvalue weighted by Crippen LogP contribution is -2.21. The van der Waals surface area contributed by atoms with Gasteiger partial charge in [-0.15, -0.1) is 0 Å². The molecule has 0 radical (unpaired) electrons. The molecule has 15 N–H and O–H groups in total. The van der Waals surface area contributed by atoms with Crippen molar-refractivity contribution in [2.24, 2.45) is 0 Å². The fourth-order valence-corrected chi connectivity index (χ4v) is 5.51. The zero-order chi connectivity index (χ0) is 108. The highest BCUT2D eigenvalue weighted by molar-refractivity contribution is 5.89. The van der Waals surface area contributed by atoms with Crippen molar-refractivity contribution in [3.8, 4) is 0 Å². The molecule has 0 aliphatic heterocycles. The summed E-state index contributed by atoms with van der Waals surface area (Å²) in [5.41, 5.74) is 1.87. The predicted octanol–water partition coefficient (Wildman–Crippen LogP) is 4.55. The van der Waals surface area contributed by atoms with Crippen LogP contribution in [0.3, 0.4) is 0 Å². The molecule has 0 bridgehead atoms. The van der Waals surface area contributed by atoms with Gasteiger partial charge in [0.2, 0.25) is 0 Å². The largest absolute Gasteiger partial charge is 0.463 e. The first kappa shape index (κ1) is 155. The zero-order valence-corrected chi connectivity index (χ0v) is 80.5. The summed E-state index contributed by atoms with van der Waals surface area (Å²) in [6.45, 7) is 58.6. The van der Waals surface area contributed by atoms with E-state index in [0.717, 1.165) is 119 Å². The van der Waals surface area contributed by atoms with E-state index < -0.39 is 92.1 Å². The molecule has 0 saturated carbocycles. The molecule has 136 heavy (non-hydrogen) atoms. The third-order valence-corrected chi connectivity index (χ3v) is 12.3. The second-order valence-electron chi connectivity index (χ2n) is 25.1. The van der Waals surface area contributed by atoms with Crippen molar-refractivity contribution < 1.29 is 210 Å². The third-order valence-electron chi connectivity index (χ3n) is 12.3. The maximum atomic E-state index is 10.8. The molecule has 0 aliphatic rings. The molecule has 0 spiro atoms. The molecule has 0 rings (SSSR count). The lowest BCUT2D eigenvalue weighted by atomic mass is 10.2. The highest BCUT2D eigenvalue weighted by atomic mass is 16.6. The van der Waals surface area contributed by atoms with Crippen LogP contribution in [0.2, 0.25) is 0 Å². The lowest BCUT2D eigenvalue weighted by molar-refractivity contribution is -0.147. The van der Waals surface area contributed by atoms with Crippen LogP contribution in [0.5, 0.6) is 0 Å². The van der Waals surface area contributed by atoms with Crippen molar-refractivity contribution in [2.75, 3.05) is 159 Å². The van der Waals surface area contributed by atoms with Crippen LogP contribution >= 0.6 is 0 Å². The number of carbonyl (C=O) groups excluding carboxylic acids is 14. The monoisotopic (exact) mass is 1960 g/mol. The molecule has 0 saturated heterocycles. The van der Waals surface area contributed by atoms with Gasteiger partial charge in [-0.1, -0.05) is 98.5 Å². The number of unbranched alkanes of at least 4 members (excludes halogenated alkanes) is 9. The molecule has 43 nitrogen and oxygen atoms in total. The smallest absolute Gasteiger partial charge is 0.335 e. The Kier molecular flexibility index (Phi) is 151. The van der Waals surface area contributed by atoms with Crippen LogP contribution in [0.4, 0.5) is 0 Å². The fraction of sp³-hybridized carbons (Fsp3) is 0.548. The van der Waals surface area contributed by atoms with Crippen molar-refractivity contribution in [3.05, 3.63) is 175 Å². The van der Waals surface area contributed by atoms with Gasteiger partial charge < -0.3 is 143 Å². The number of aliphatic hydroxyl groups excluding tert-OH is 15. The van der Waals surface area contributed by atoms with Crippen LogP contribution in [0, 0.1) is 0 Å². The average Bonchev–Trinajstić information content (AvgIpc) is 1.04. The van der Waals surface area contributed by atoms with Crippen LogP contribution < -0.4 is 0 Å². The Hall–Kier alpha value is -11.7. The molecule has 0 heterocycles. The summed E-state index contributed by atoms with van der Waals surface area (Å²) in [5, 5.41) is 125. The quantitative estimate of drug-likeness (QED) is 0.0131. The Balaban J connectivity index is -0.0000000984. The minimum Gasteiger partial charge on any atom is -0.463 e. The Labute approximate surface area is 799 Å². The van der Waals surface area contributed by atoms with E-state index in [2.05, 4.69) is 135 Å². The number of hydrogen-bond donors (Lipinski definition) is 15. The average molecular weight is 1960 g/mol. The van der Waals surface area contributed by atoms with E-state index in [9.17, 15) is 67.1 Å². The SMILES string of the molecule is C=C(C)C(=O)OCCCCCO.C=C(C)C(=O)OCCCCO.C=C(C)C(=O)OCCCO.C=C(C)C(=O)OCCO.C=C(C)C(=O)OCO.C=CC(=O)OC(C)CCO.C=CC(=O)OCC(C)O.C=CC(=O)OCC(O)CO.C=CC(=O)OCCCCCCO.C=CC(=O)OCCCCCO.C=CC(=O)OCCCCO.C=CC(=O)OCCCO.C=CC(=O)OCCO.C=CC(=O)OCO. The molecule has 0 aromatic heterocycles. The molecular weight excluding hydrogens is 1800 g/mol. The van der Waals surface area contributed by atoms with Crippen LogP contribution in [0.25, 0.3) is 0 Å². The molecule has 3 unspecified atom stereocenters. The van der Waals surface area contributed by atoms with Gasteiger partial charge in [0.1, 0.15) is 38.6 Å². The standard InChI is InChI=1S/2C9H16O3.2C8H14O3.3C7H12O3.C6H10O4.3C6H10O3.2C5H8O3.C4H6O3/c1-8(2)9(11)12-7-5-3-4-6-10;1-2-9(11)12-8-6-4-3-5-7-10;1-7(2)8(10)11-6-4-3-5-9;1-2-8(10)11-7-5-3-4-6-9;1-6(2)7(9)10-5-3-4-8;1-3-7(9)10-6(2)4-5-8;1-2-7(9)10-6-4-3-5-8;1-2-6(9)10-4-5(8)3-7;1-5(2)6(8)9-4-3-7;1-3-6(8)9-4-5(2)7;1-2-6(8)9-5-3-4-7;1-4(2)5(7)8-3-6;1-2-5(7)8-4-3-6;1-2-4(6)7-3-5/h10H,1,3-7H2,2H3;2,10H,1,3-8H2;9H,1,3-6H2,2H3;2,9H,1,3-7H2;8H,1,3-5H2,2H3;3,6,8H,1,4-5H2,2H3;2,8H,1,3-6H2;2,5,7-8H,1,3-4H2;7H,1,3-4H2,2H3;3,5,7H,1,4H2,2H3;2,7H,1,3-5H2;6H,1,3H2,2H3;2,6H,1,3-4H2;2,5H,1,3H2. The number of esters is 14. The second kappa shape index (κ2) is 132. The van der Waals surface area contributed by atoms with E-state index in [1.165, 1.54) is 13.8 Å². The lowest BCUT2D eigenvalue weighted by Gasteiger charge is -2.08. The first-order valence-corrected chi connectivity index (χ1v) is 41.9. The molecule has 0 amide bonds. The number of carbonyl (C=O) groups is 14. The van der Waals surface area contributed by atoms with Crippen molar-refractivity contribution in [1.82, 2.24) is 0 Å². The van der Waals surface area contributed by atoms with E-state index in [0.29, 0.717) is 106 Å². The van der Waals surface area contributed by atoms with Crippen LogP contribution in [-0.4, -0.2) is 337 Å². The summed E-state index contributed by atoms with van der Waals surface area (Å²) >= 11 is 0. The van der Waals surface area contributed by atoms with Gasteiger partial charge in [0.25, 0.3) is 0 Å². The summed E-state index contributed by atoms with van der Waals surface area (Å²) in [6.07, 6.45) is 20.7. The Morgan fingerprint density at radius 1 is 0.235 bits per heavy atom. The van der Waals surface area contributed by atoms with E-state index in [1.807, 2.05) is 0 Å². The van der Waals surface area contributed by atoms with Gasteiger partial charge in [-0.25, -0.2) is 67.1 Å². The Bertz CT molecular complexity index is 3170. The summed E-state index contributed by atoms with van der Waals surface area (Å²) in [4.78, 5) is 146. The summed E-state index contributed by atoms with van der Waals surface area (Å²) in [6, 6.07) is 0. The molecule has 43 heteroatoms. The van der Waals surface area contributed by atoms with Crippen LogP contribution in [-0.2, 0) is 133 Å². The summed E-state index contributed by atoms with van der Waals surface area (Å²) < 4.78 is 63.3. The molecule has 0 aromatic rings.